The second-order valence-electron chi connectivity index (χ2n) is 7.31. The van der Waals surface area contributed by atoms with Crippen LogP contribution in [0.15, 0.2) is 42.6 Å². The third kappa shape index (κ3) is 6.82. The highest BCUT2D eigenvalue weighted by atomic mass is 16.5. The molecule has 0 bridgehead atoms. The molecule has 142 valence electrons. The minimum absolute atomic E-state index is 0.304. The summed E-state index contributed by atoms with van der Waals surface area (Å²) < 4.78 is 5.23. The lowest BCUT2D eigenvalue weighted by molar-refractivity contribution is 0.414. The Labute approximate surface area is 160 Å². The summed E-state index contributed by atoms with van der Waals surface area (Å²) in [5.41, 5.74) is 3.77. The highest BCUT2D eigenvalue weighted by Gasteiger charge is 2.10. The lowest BCUT2D eigenvalue weighted by atomic mass is 9.96. The number of aromatic nitrogens is 1. The van der Waals surface area contributed by atoms with E-state index in [4.69, 9.17) is 9.72 Å². The van der Waals surface area contributed by atoms with Crippen molar-refractivity contribution in [3.05, 3.63) is 59.4 Å². The van der Waals surface area contributed by atoms with Gasteiger partial charge in [0.1, 0.15) is 5.75 Å². The molecule has 1 unspecified atom stereocenters. The molecule has 0 fully saturated rings. The van der Waals surface area contributed by atoms with Crippen LogP contribution in [-0.4, -0.2) is 12.1 Å². The van der Waals surface area contributed by atoms with Crippen molar-refractivity contribution in [2.45, 2.75) is 77.6 Å². The molecule has 0 aliphatic heterocycles. The van der Waals surface area contributed by atoms with E-state index in [1.807, 2.05) is 12.1 Å². The molecule has 2 nitrogen and oxygen atoms in total. The lowest BCUT2D eigenvalue weighted by Crippen LogP contribution is -2.00. The van der Waals surface area contributed by atoms with E-state index in [9.17, 15) is 0 Å². The van der Waals surface area contributed by atoms with Crippen LogP contribution in [0.2, 0.25) is 0 Å². The minimum atomic E-state index is 0.304. The van der Waals surface area contributed by atoms with Crippen LogP contribution in [0.5, 0.6) is 5.75 Å². The molecular formula is C24H35NO. The Hall–Kier alpha value is -1.83. The first-order chi connectivity index (χ1) is 12.7. The molecule has 0 aliphatic rings. The molecule has 2 aromatic rings. The van der Waals surface area contributed by atoms with Crippen LogP contribution in [0.1, 0.15) is 88.0 Å². The summed E-state index contributed by atoms with van der Waals surface area (Å²) in [5, 5.41) is 0. The third-order valence-electron chi connectivity index (χ3n) is 5.23. The molecule has 1 aromatic heterocycles. The van der Waals surface area contributed by atoms with Crippen LogP contribution < -0.4 is 4.74 Å². The number of hydrogen-bond acceptors (Lipinski definition) is 2. The molecule has 1 heterocycles. The maximum atomic E-state index is 5.23. The highest BCUT2D eigenvalue weighted by molar-refractivity contribution is 5.33. The first-order valence-electron chi connectivity index (χ1n) is 10.3. The van der Waals surface area contributed by atoms with Gasteiger partial charge >= 0.3 is 0 Å². The number of ether oxygens (including phenoxy) is 1. The van der Waals surface area contributed by atoms with Gasteiger partial charge in [-0.2, -0.15) is 0 Å². The Balaban J connectivity index is 1.73. The summed E-state index contributed by atoms with van der Waals surface area (Å²) in [5.74, 6) is 1.20. The Bertz CT molecular complexity index is 603. The Morgan fingerprint density at radius 3 is 2.08 bits per heavy atom. The summed E-state index contributed by atoms with van der Waals surface area (Å²) in [6.07, 6.45) is 14.2. The SMILES string of the molecule is CCCCCCCCCCc1ccc(C(C)c2ccc(OC)cc2)nc1. The zero-order valence-corrected chi connectivity index (χ0v) is 16.8. The van der Waals surface area contributed by atoms with Crippen molar-refractivity contribution in [3.63, 3.8) is 0 Å². The largest absolute Gasteiger partial charge is 0.497 e. The number of unbranched alkanes of at least 4 members (excludes halogenated alkanes) is 7. The lowest BCUT2D eigenvalue weighted by Gasteiger charge is -2.12. The molecule has 26 heavy (non-hydrogen) atoms. The molecule has 2 heteroatoms. The van der Waals surface area contributed by atoms with Crippen molar-refractivity contribution in [2.24, 2.45) is 0 Å². The van der Waals surface area contributed by atoms with Gasteiger partial charge in [0, 0.05) is 17.8 Å². The van der Waals surface area contributed by atoms with Crippen molar-refractivity contribution < 1.29 is 4.74 Å². The number of methoxy groups -OCH3 is 1. The first-order valence-corrected chi connectivity index (χ1v) is 10.3. The van der Waals surface area contributed by atoms with Gasteiger partial charge in [-0.15, -0.1) is 0 Å². The normalized spacial score (nSPS) is 12.1. The average Bonchev–Trinajstić information content (AvgIpc) is 2.70. The van der Waals surface area contributed by atoms with Crippen LogP contribution in [0.3, 0.4) is 0 Å². The summed E-state index contributed by atoms with van der Waals surface area (Å²) in [6.45, 7) is 4.49. The van der Waals surface area contributed by atoms with Gasteiger partial charge in [-0.25, -0.2) is 0 Å². The van der Waals surface area contributed by atoms with Crippen LogP contribution in [0, 0.1) is 0 Å². The smallest absolute Gasteiger partial charge is 0.118 e. The molecule has 0 radical (unpaired) electrons. The summed E-state index contributed by atoms with van der Waals surface area (Å²) in [7, 11) is 1.70. The van der Waals surface area contributed by atoms with Crippen LogP contribution in [-0.2, 0) is 6.42 Å². The molecule has 0 saturated heterocycles. The number of nitrogens with zero attached hydrogens (tertiary/aromatic N) is 1. The zero-order valence-electron chi connectivity index (χ0n) is 16.8. The summed E-state index contributed by atoms with van der Waals surface area (Å²) >= 11 is 0. The van der Waals surface area contributed by atoms with E-state index in [0.717, 1.165) is 17.9 Å². The number of pyridine rings is 1. The maximum Gasteiger partial charge on any atom is 0.118 e. The summed E-state index contributed by atoms with van der Waals surface area (Å²) in [4.78, 5) is 4.72. The maximum absolute atomic E-state index is 5.23. The molecule has 1 aromatic carbocycles. The Morgan fingerprint density at radius 2 is 1.50 bits per heavy atom. The Kier molecular flexibility index (Phi) is 9.23. The van der Waals surface area contributed by atoms with Crippen LogP contribution in [0.4, 0.5) is 0 Å². The highest BCUT2D eigenvalue weighted by Crippen LogP contribution is 2.24. The van der Waals surface area contributed by atoms with Crippen LogP contribution in [0.25, 0.3) is 0 Å². The van der Waals surface area contributed by atoms with Gasteiger partial charge in [-0.3, -0.25) is 4.98 Å². The van der Waals surface area contributed by atoms with Crippen molar-refractivity contribution in [2.75, 3.05) is 7.11 Å². The number of aryl methyl sites for hydroxylation is 1. The molecular weight excluding hydrogens is 318 g/mol. The fraction of sp³-hybridized carbons (Fsp3) is 0.542. The van der Waals surface area contributed by atoms with Gasteiger partial charge in [0.25, 0.3) is 0 Å². The van der Waals surface area contributed by atoms with Crippen LogP contribution >= 0.6 is 0 Å². The monoisotopic (exact) mass is 353 g/mol. The van der Waals surface area contributed by atoms with Gasteiger partial charge in [0.15, 0.2) is 0 Å². The van der Waals surface area contributed by atoms with Gasteiger partial charge in [0.05, 0.1) is 7.11 Å². The minimum Gasteiger partial charge on any atom is -0.497 e. The second kappa shape index (κ2) is 11.7. The standard InChI is InChI=1S/C24H35NO/c1-4-5-6-7-8-9-10-11-12-21-13-18-24(25-19-21)20(2)22-14-16-23(26-3)17-15-22/h13-20H,4-12H2,1-3H3. The fourth-order valence-corrected chi connectivity index (χ4v) is 3.37. The number of benzene rings is 1. The predicted molar refractivity (Wildman–Crippen MR) is 111 cm³/mol. The van der Waals surface area contributed by atoms with E-state index in [-0.39, 0.29) is 0 Å². The van der Waals surface area contributed by atoms with Gasteiger partial charge in [0.2, 0.25) is 0 Å². The molecule has 0 N–H and O–H groups in total. The fourth-order valence-electron chi connectivity index (χ4n) is 3.37. The quantitative estimate of drug-likeness (QED) is 0.386. The third-order valence-corrected chi connectivity index (χ3v) is 5.23. The molecule has 1 atom stereocenters. The van der Waals surface area contributed by atoms with Gasteiger partial charge in [-0.1, -0.05) is 77.0 Å². The van der Waals surface area contributed by atoms with E-state index in [0.29, 0.717) is 5.92 Å². The average molecular weight is 354 g/mol. The van der Waals surface area contributed by atoms with E-state index < -0.39 is 0 Å². The topological polar surface area (TPSA) is 22.1 Å². The number of hydrogen-bond donors (Lipinski definition) is 0. The molecule has 0 spiro atoms. The van der Waals surface area contributed by atoms with Crippen molar-refractivity contribution >= 4 is 0 Å². The molecule has 0 aliphatic carbocycles. The van der Waals surface area contributed by atoms with E-state index in [1.54, 1.807) is 7.11 Å². The van der Waals surface area contributed by atoms with Crippen molar-refractivity contribution in [1.82, 2.24) is 4.98 Å². The van der Waals surface area contributed by atoms with Gasteiger partial charge < -0.3 is 4.74 Å². The van der Waals surface area contributed by atoms with Crippen molar-refractivity contribution in [3.8, 4) is 5.75 Å². The molecule has 2 rings (SSSR count). The number of rotatable bonds is 12. The predicted octanol–water partition coefficient (Wildman–Crippen LogP) is 6.93. The van der Waals surface area contributed by atoms with E-state index in [1.165, 1.54) is 62.5 Å². The molecule has 0 amide bonds. The summed E-state index contributed by atoms with van der Waals surface area (Å²) in [6, 6.07) is 12.7. The van der Waals surface area contributed by atoms with E-state index >= 15 is 0 Å². The van der Waals surface area contributed by atoms with E-state index in [2.05, 4.69) is 44.3 Å². The van der Waals surface area contributed by atoms with Gasteiger partial charge in [-0.05, 0) is 42.2 Å². The first kappa shape index (κ1) is 20.5. The van der Waals surface area contributed by atoms with Crippen molar-refractivity contribution in [1.29, 1.82) is 0 Å². The molecule has 0 saturated carbocycles. The second-order valence-corrected chi connectivity index (χ2v) is 7.31. The zero-order chi connectivity index (χ0) is 18.6. The Morgan fingerprint density at radius 1 is 0.846 bits per heavy atom.